The zero-order valence-electron chi connectivity index (χ0n) is 13.1. The van der Waals surface area contributed by atoms with E-state index in [1.54, 1.807) is 18.2 Å². The lowest BCUT2D eigenvalue weighted by molar-refractivity contribution is -0.113. The number of aryl methyl sites for hydroxylation is 1. The summed E-state index contributed by atoms with van der Waals surface area (Å²) in [6, 6.07) is 13.0. The van der Waals surface area contributed by atoms with Crippen molar-refractivity contribution in [2.75, 3.05) is 11.1 Å². The fourth-order valence-corrected chi connectivity index (χ4v) is 3.35. The van der Waals surface area contributed by atoms with E-state index in [1.165, 1.54) is 22.9 Å². The second-order valence-electron chi connectivity index (χ2n) is 5.54. The van der Waals surface area contributed by atoms with Gasteiger partial charge in [-0.05, 0) is 24.6 Å². The molecular weight excluding hydrogens is 324 g/mol. The van der Waals surface area contributed by atoms with Gasteiger partial charge in [0, 0.05) is 5.75 Å². The fraction of sp³-hybridized carbons (Fsp3) is 0.167. The highest BCUT2D eigenvalue weighted by Crippen LogP contribution is 2.24. The number of hydrogen-bond donors (Lipinski definition) is 2. The van der Waals surface area contributed by atoms with Crippen LogP contribution in [0.3, 0.4) is 0 Å². The molecular formula is C18H16N2O3S. The van der Waals surface area contributed by atoms with Crippen LogP contribution in [0, 0.1) is 6.92 Å². The van der Waals surface area contributed by atoms with E-state index in [0.29, 0.717) is 11.3 Å². The van der Waals surface area contributed by atoms with Crippen LogP contribution >= 0.6 is 11.8 Å². The summed E-state index contributed by atoms with van der Waals surface area (Å²) >= 11 is 1.50. The second-order valence-corrected chi connectivity index (χ2v) is 6.53. The van der Waals surface area contributed by atoms with Crippen molar-refractivity contribution in [1.82, 2.24) is 5.32 Å². The van der Waals surface area contributed by atoms with Gasteiger partial charge in [-0.2, -0.15) is 0 Å². The molecule has 0 fully saturated rings. The number of imide groups is 1. The molecule has 0 spiro atoms. The molecule has 0 atom stereocenters. The van der Waals surface area contributed by atoms with Crippen molar-refractivity contribution in [3.05, 3.63) is 64.7 Å². The van der Waals surface area contributed by atoms with Crippen LogP contribution in [-0.4, -0.2) is 23.5 Å². The average Bonchev–Trinajstić information content (AvgIpc) is 2.83. The predicted octanol–water partition coefficient (Wildman–Crippen LogP) is 2.75. The van der Waals surface area contributed by atoms with Gasteiger partial charge >= 0.3 is 0 Å². The van der Waals surface area contributed by atoms with Crippen LogP contribution in [0.25, 0.3) is 0 Å². The van der Waals surface area contributed by atoms with Crippen molar-refractivity contribution < 1.29 is 14.4 Å². The van der Waals surface area contributed by atoms with Crippen molar-refractivity contribution in [3.63, 3.8) is 0 Å². The Morgan fingerprint density at radius 3 is 2.71 bits per heavy atom. The Morgan fingerprint density at radius 2 is 1.92 bits per heavy atom. The SMILES string of the molecule is Cc1cccc(CSCC(=O)Nc2cccc3c2C(=O)NC3=O)c1. The minimum absolute atomic E-state index is 0.201. The van der Waals surface area contributed by atoms with Crippen LogP contribution in [0.2, 0.25) is 0 Å². The highest BCUT2D eigenvalue weighted by Gasteiger charge is 2.29. The number of fused-ring (bicyclic) bond motifs is 1. The van der Waals surface area contributed by atoms with Crippen molar-refractivity contribution in [2.45, 2.75) is 12.7 Å². The number of amides is 3. The largest absolute Gasteiger partial charge is 0.325 e. The van der Waals surface area contributed by atoms with Crippen LogP contribution in [0.15, 0.2) is 42.5 Å². The molecule has 1 aliphatic rings. The van der Waals surface area contributed by atoms with E-state index in [-0.39, 0.29) is 17.2 Å². The van der Waals surface area contributed by atoms with Gasteiger partial charge in [-0.15, -0.1) is 11.8 Å². The molecule has 122 valence electrons. The highest BCUT2D eigenvalue weighted by atomic mass is 32.2. The molecule has 0 aromatic heterocycles. The van der Waals surface area contributed by atoms with Gasteiger partial charge in [0.2, 0.25) is 5.91 Å². The third-order valence-corrected chi connectivity index (χ3v) is 4.63. The van der Waals surface area contributed by atoms with Gasteiger partial charge in [-0.3, -0.25) is 19.7 Å². The number of nitrogens with one attached hydrogen (secondary N) is 2. The maximum absolute atomic E-state index is 12.1. The first kappa shape index (κ1) is 16.3. The van der Waals surface area contributed by atoms with Crippen LogP contribution < -0.4 is 10.6 Å². The molecule has 1 aliphatic heterocycles. The van der Waals surface area contributed by atoms with E-state index in [0.717, 1.165) is 5.75 Å². The van der Waals surface area contributed by atoms with E-state index in [4.69, 9.17) is 0 Å². The minimum Gasteiger partial charge on any atom is -0.325 e. The Labute approximate surface area is 143 Å². The van der Waals surface area contributed by atoms with Gasteiger partial charge < -0.3 is 5.32 Å². The number of hydrogen-bond acceptors (Lipinski definition) is 4. The Hall–Kier alpha value is -2.60. The molecule has 0 bridgehead atoms. The minimum atomic E-state index is -0.474. The van der Waals surface area contributed by atoms with Crippen molar-refractivity contribution in [3.8, 4) is 0 Å². The van der Waals surface area contributed by atoms with E-state index < -0.39 is 11.8 Å². The van der Waals surface area contributed by atoms with Gasteiger partial charge in [-0.25, -0.2) is 0 Å². The molecule has 2 aromatic rings. The zero-order valence-corrected chi connectivity index (χ0v) is 13.9. The quantitative estimate of drug-likeness (QED) is 0.821. The van der Waals surface area contributed by atoms with E-state index in [2.05, 4.69) is 16.7 Å². The Morgan fingerprint density at radius 1 is 1.12 bits per heavy atom. The third-order valence-electron chi connectivity index (χ3n) is 3.62. The summed E-state index contributed by atoms with van der Waals surface area (Å²) in [5.41, 5.74) is 3.26. The predicted molar refractivity (Wildman–Crippen MR) is 94.2 cm³/mol. The van der Waals surface area contributed by atoms with E-state index in [9.17, 15) is 14.4 Å². The number of carbonyl (C=O) groups excluding carboxylic acids is 3. The molecule has 5 nitrogen and oxygen atoms in total. The number of thioether (sulfide) groups is 1. The van der Waals surface area contributed by atoms with E-state index >= 15 is 0 Å². The molecule has 0 saturated heterocycles. The Kier molecular flexibility index (Phi) is 4.66. The number of benzene rings is 2. The summed E-state index contributed by atoms with van der Waals surface area (Å²) in [5.74, 6) is -0.0971. The first-order valence-corrected chi connectivity index (χ1v) is 8.62. The smallest absolute Gasteiger partial charge is 0.261 e. The monoisotopic (exact) mass is 340 g/mol. The molecule has 0 unspecified atom stereocenters. The number of anilines is 1. The van der Waals surface area contributed by atoms with Crippen molar-refractivity contribution in [1.29, 1.82) is 0 Å². The first-order chi connectivity index (χ1) is 11.5. The number of carbonyl (C=O) groups is 3. The van der Waals surface area contributed by atoms with Crippen LogP contribution in [0.5, 0.6) is 0 Å². The van der Waals surface area contributed by atoms with Gasteiger partial charge in [0.1, 0.15) is 0 Å². The Bertz CT molecular complexity index is 833. The van der Waals surface area contributed by atoms with E-state index in [1.807, 2.05) is 25.1 Å². The summed E-state index contributed by atoms with van der Waals surface area (Å²) in [7, 11) is 0. The third kappa shape index (κ3) is 3.49. The molecule has 0 aliphatic carbocycles. The lowest BCUT2D eigenvalue weighted by Crippen LogP contribution is -2.21. The highest BCUT2D eigenvalue weighted by molar-refractivity contribution is 7.99. The summed E-state index contributed by atoms with van der Waals surface area (Å²) in [6.07, 6.45) is 0. The maximum atomic E-state index is 12.1. The topological polar surface area (TPSA) is 75.3 Å². The lowest BCUT2D eigenvalue weighted by Gasteiger charge is -2.08. The zero-order chi connectivity index (χ0) is 17.1. The summed E-state index contributed by atoms with van der Waals surface area (Å²) in [4.78, 5) is 35.6. The van der Waals surface area contributed by atoms with Crippen LogP contribution in [0.1, 0.15) is 31.8 Å². The first-order valence-electron chi connectivity index (χ1n) is 7.46. The summed E-state index contributed by atoms with van der Waals surface area (Å²) in [6.45, 7) is 2.03. The summed E-state index contributed by atoms with van der Waals surface area (Å²) in [5, 5.41) is 4.95. The number of rotatable bonds is 5. The molecule has 3 amide bonds. The molecule has 2 N–H and O–H groups in total. The maximum Gasteiger partial charge on any atom is 0.261 e. The van der Waals surface area contributed by atoms with Crippen molar-refractivity contribution in [2.24, 2.45) is 0 Å². The lowest BCUT2D eigenvalue weighted by atomic mass is 10.1. The molecule has 6 heteroatoms. The van der Waals surface area contributed by atoms with Crippen LogP contribution in [-0.2, 0) is 10.5 Å². The summed E-state index contributed by atoms with van der Waals surface area (Å²) < 4.78 is 0. The van der Waals surface area contributed by atoms with Gasteiger partial charge in [0.05, 0.1) is 22.6 Å². The molecule has 1 heterocycles. The standard InChI is InChI=1S/C18H16N2O3S/c1-11-4-2-5-12(8-11)9-24-10-15(21)19-14-7-3-6-13-16(14)18(23)20-17(13)22/h2-8H,9-10H2,1H3,(H,19,21)(H,20,22,23). The Balaban J connectivity index is 1.60. The normalized spacial score (nSPS) is 12.7. The molecule has 2 aromatic carbocycles. The second kappa shape index (κ2) is 6.88. The molecule has 24 heavy (non-hydrogen) atoms. The molecule has 3 rings (SSSR count). The fourth-order valence-electron chi connectivity index (χ4n) is 2.57. The van der Waals surface area contributed by atoms with Crippen LogP contribution in [0.4, 0.5) is 5.69 Å². The van der Waals surface area contributed by atoms with Crippen molar-refractivity contribution >= 4 is 35.2 Å². The average molecular weight is 340 g/mol. The van der Waals surface area contributed by atoms with Gasteiger partial charge in [0.15, 0.2) is 0 Å². The molecule has 0 radical (unpaired) electrons. The van der Waals surface area contributed by atoms with Gasteiger partial charge in [0.25, 0.3) is 11.8 Å². The van der Waals surface area contributed by atoms with Gasteiger partial charge in [-0.1, -0.05) is 35.9 Å². The molecule has 0 saturated carbocycles.